The van der Waals surface area contributed by atoms with E-state index >= 15 is 0 Å². The summed E-state index contributed by atoms with van der Waals surface area (Å²) in [7, 11) is 1.81. The van der Waals surface area contributed by atoms with E-state index in [9.17, 15) is 0 Å². The molecule has 1 aliphatic carbocycles. The molecule has 2 fully saturated rings. The Labute approximate surface area is 80.6 Å². The van der Waals surface area contributed by atoms with Crippen molar-refractivity contribution in [2.45, 2.75) is 57.3 Å². The normalized spacial score (nSPS) is 43.2. The van der Waals surface area contributed by atoms with Crippen LogP contribution in [0.2, 0.25) is 0 Å². The summed E-state index contributed by atoms with van der Waals surface area (Å²) >= 11 is 0. The van der Waals surface area contributed by atoms with Crippen LogP contribution in [0, 0.1) is 5.92 Å². The van der Waals surface area contributed by atoms with Crippen LogP contribution in [0.15, 0.2) is 0 Å². The smallest absolute Gasteiger partial charge is 0.0872 e. The molecular formula is C11H20O2. The van der Waals surface area contributed by atoms with Crippen molar-refractivity contribution in [3.05, 3.63) is 0 Å². The first-order chi connectivity index (χ1) is 6.12. The van der Waals surface area contributed by atoms with Gasteiger partial charge >= 0.3 is 0 Å². The predicted molar refractivity (Wildman–Crippen MR) is 51.7 cm³/mol. The molecule has 0 aromatic carbocycles. The number of rotatable bonds is 1. The first kappa shape index (κ1) is 9.47. The van der Waals surface area contributed by atoms with Crippen LogP contribution in [0.1, 0.15) is 39.5 Å². The van der Waals surface area contributed by atoms with E-state index in [0.717, 1.165) is 5.92 Å². The zero-order chi connectivity index (χ0) is 9.47. The fourth-order valence-corrected chi connectivity index (χ4v) is 2.90. The first-order valence-corrected chi connectivity index (χ1v) is 5.33. The van der Waals surface area contributed by atoms with Gasteiger partial charge in [0.15, 0.2) is 0 Å². The Balaban J connectivity index is 2.08. The van der Waals surface area contributed by atoms with Crippen LogP contribution >= 0.6 is 0 Å². The van der Waals surface area contributed by atoms with Crippen LogP contribution in [-0.2, 0) is 9.47 Å². The van der Waals surface area contributed by atoms with Gasteiger partial charge in [-0.15, -0.1) is 0 Å². The third-order valence-electron chi connectivity index (χ3n) is 3.41. The van der Waals surface area contributed by atoms with Crippen molar-refractivity contribution in [1.29, 1.82) is 0 Å². The van der Waals surface area contributed by atoms with Crippen LogP contribution in [-0.4, -0.2) is 24.9 Å². The summed E-state index contributed by atoms with van der Waals surface area (Å²) < 4.78 is 11.5. The molecule has 3 atom stereocenters. The number of ether oxygens (including phenoxy) is 2. The second kappa shape index (κ2) is 3.25. The van der Waals surface area contributed by atoms with Crippen LogP contribution in [0.3, 0.4) is 0 Å². The van der Waals surface area contributed by atoms with E-state index in [1.54, 1.807) is 0 Å². The summed E-state index contributed by atoms with van der Waals surface area (Å²) in [5, 5.41) is 0. The van der Waals surface area contributed by atoms with Gasteiger partial charge in [-0.25, -0.2) is 0 Å². The number of methoxy groups -OCH3 is 1. The van der Waals surface area contributed by atoms with Crippen LogP contribution < -0.4 is 0 Å². The van der Waals surface area contributed by atoms with Gasteiger partial charge in [0.2, 0.25) is 0 Å². The van der Waals surface area contributed by atoms with E-state index in [1.807, 2.05) is 7.11 Å². The molecule has 0 aromatic heterocycles. The summed E-state index contributed by atoms with van der Waals surface area (Å²) in [6.07, 6.45) is 5.73. The summed E-state index contributed by atoms with van der Waals surface area (Å²) in [5.74, 6) is 0.744. The summed E-state index contributed by atoms with van der Waals surface area (Å²) in [6.45, 7) is 4.38. The molecule has 0 amide bonds. The first-order valence-electron chi connectivity index (χ1n) is 5.33. The maximum absolute atomic E-state index is 6.03. The molecule has 2 aliphatic rings. The van der Waals surface area contributed by atoms with E-state index in [1.165, 1.54) is 25.7 Å². The second-order valence-electron chi connectivity index (χ2n) is 5.01. The number of fused-ring (bicyclic) bond motifs is 1. The molecule has 0 radical (unpaired) electrons. The minimum absolute atomic E-state index is 0.0798. The molecule has 2 heteroatoms. The zero-order valence-corrected chi connectivity index (χ0v) is 8.88. The van der Waals surface area contributed by atoms with Crippen LogP contribution in [0.5, 0.6) is 0 Å². The van der Waals surface area contributed by atoms with Crippen LogP contribution in [0.25, 0.3) is 0 Å². The molecule has 0 spiro atoms. The largest absolute Gasteiger partial charge is 0.379 e. The molecule has 76 valence electrons. The number of hydrogen-bond acceptors (Lipinski definition) is 2. The fourth-order valence-electron chi connectivity index (χ4n) is 2.90. The van der Waals surface area contributed by atoms with Crippen molar-refractivity contribution in [1.82, 2.24) is 0 Å². The molecule has 2 nitrogen and oxygen atoms in total. The zero-order valence-electron chi connectivity index (χ0n) is 8.88. The molecule has 0 bridgehead atoms. The highest BCUT2D eigenvalue weighted by Crippen LogP contribution is 2.43. The van der Waals surface area contributed by atoms with Gasteiger partial charge in [0.25, 0.3) is 0 Å². The Hall–Kier alpha value is -0.0800. The summed E-state index contributed by atoms with van der Waals surface area (Å²) in [4.78, 5) is 0. The lowest BCUT2D eigenvalue weighted by Crippen LogP contribution is -2.37. The summed E-state index contributed by atoms with van der Waals surface area (Å²) in [5.41, 5.74) is 0.0798. The average molecular weight is 184 g/mol. The maximum Gasteiger partial charge on any atom is 0.0872 e. The third kappa shape index (κ3) is 1.75. The SMILES string of the molecule is COC1CCCC2CC(C)(C)OC21. The van der Waals surface area contributed by atoms with Gasteiger partial charge in [0.05, 0.1) is 17.8 Å². The Bertz CT molecular complexity index is 189. The second-order valence-corrected chi connectivity index (χ2v) is 5.01. The molecule has 2 rings (SSSR count). The van der Waals surface area contributed by atoms with Crippen molar-refractivity contribution < 1.29 is 9.47 Å². The average Bonchev–Trinajstić information content (AvgIpc) is 2.37. The van der Waals surface area contributed by atoms with Crippen molar-refractivity contribution >= 4 is 0 Å². The Morgan fingerprint density at radius 1 is 1.31 bits per heavy atom. The lowest BCUT2D eigenvalue weighted by atomic mass is 9.82. The highest BCUT2D eigenvalue weighted by Gasteiger charge is 2.45. The monoisotopic (exact) mass is 184 g/mol. The predicted octanol–water partition coefficient (Wildman–Crippen LogP) is 2.37. The highest BCUT2D eigenvalue weighted by atomic mass is 16.6. The topological polar surface area (TPSA) is 18.5 Å². The quantitative estimate of drug-likeness (QED) is 0.623. The van der Waals surface area contributed by atoms with Gasteiger partial charge in [-0.05, 0) is 39.0 Å². The highest BCUT2D eigenvalue weighted by molar-refractivity contribution is 4.94. The molecule has 1 saturated heterocycles. The van der Waals surface area contributed by atoms with Gasteiger partial charge in [0.1, 0.15) is 0 Å². The number of hydrogen-bond donors (Lipinski definition) is 0. The van der Waals surface area contributed by atoms with E-state index in [2.05, 4.69) is 13.8 Å². The van der Waals surface area contributed by atoms with Crippen molar-refractivity contribution in [3.63, 3.8) is 0 Å². The van der Waals surface area contributed by atoms with E-state index in [-0.39, 0.29) is 5.60 Å². The molecule has 1 heterocycles. The van der Waals surface area contributed by atoms with Gasteiger partial charge in [-0.1, -0.05) is 6.42 Å². The molecule has 1 saturated carbocycles. The van der Waals surface area contributed by atoms with Gasteiger partial charge in [0, 0.05) is 7.11 Å². The minimum atomic E-state index is 0.0798. The van der Waals surface area contributed by atoms with Crippen molar-refractivity contribution in [3.8, 4) is 0 Å². The summed E-state index contributed by atoms with van der Waals surface area (Å²) in [6, 6.07) is 0. The van der Waals surface area contributed by atoms with Crippen molar-refractivity contribution in [2.75, 3.05) is 7.11 Å². The van der Waals surface area contributed by atoms with Gasteiger partial charge < -0.3 is 9.47 Å². The Morgan fingerprint density at radius 2 is 2.08 bits per heavy atom. The Kier molecular flexibility index (Phi) is 2.37. The van der Waals surface area contributed by atoms with Crippen LogP contribution in [0.4, 0.5) is 0 Å². The van der Waals surface area contributed by atoms with Gasteiger partial charge in [-0.2, -0.15) is 0 Å². The van der Waals surface area contributed by atoms with E-state index < -0.39 is 0 Å². The lowest BCUT2D eigenvalue weighted by molar-refractivity contribution is -0.104. The maximum atomic E-state index is 6.03. The molecule has 3 unspecified atom stereocenters. The molecule has 0 N–H and O–H groups in total. The van der Waals surface area contributed by atoms with E-state index in [0.29, 0.717) is 12.2 Å². The third-order valence-corrected chi connectivity index (χ3v) is 3.41. The minimum Gasteiger partial charge on any atom is -0.379 e. The van der Waals surface area contributed by atoms with Gasteiger partial charge in [-0.3, -0.25) is 0 Å². The lowest BCUT2D eigenvalue weighted by Gasteiger charge is -2.31. The molecule has 13 heavy (non-hydrogen) atoms. The standard InChI is InChI=1S/C11H20O2/c1-11(2)7-8-5-4-6-9(12-3)10(8)13-11/h8-10H,4-7H2,1-3H3. The van der Waals surface area contributed by atoms with E-state index in [4.69, 9.17) is 9.47 Å². The molecular weight excluding hydrogens is 164 g/mol. The van der Waals surface area contributed by atoms with Crippen molar-refractivity contribution in [2.24, 2.45) is 5.92 Å². The fraction of sp³-hybridized carbons (Fsp3) is 1.00. The Morgan fingerprint density at radius 3 is 2.77 bits per heavy atom. The molecule has 1 aliphatic heterocycles. The molecule has 0 aromatic rings.